The van der Waals surface area contributed by atoms with E-state index in [9.17, 15) is 31.1 Å². The first-order valence-electron chi connectivity index (χ1n) is 18.0. The molecular formula is C41H46Cl2F6N4O5. The second kappa shape index (κ2) is 22.4. The zero-order valence-electron chi connectivity index (χ0n) is 32.9. The summed E-state index contributed by atoms with van der Waals surface area (Å²) in [6.45, 7) is 6.44. The topological polar surface area (TPSA) is 84.9 Å². The molecule has 0 aliphatic rings. The second-order valence-electron chi connectivity index (χ2n) is 12.9. The summed E-state index contributed by atoms with van der Waals surface area (Å²) in [5, 5.41) is 1.87. The molecule has 0 bridgehead atoms. The van der Waals surface area contributed by atoms with E-state index >= 15 is 0 Å². The molecular weight excluding hydrogens is 813 g/mol. The van der Waals surface area contributed by atoms with Gasteiger partial charge in [0, 0.05) is 25.8 Å². The van der Waals surface area contributed by atoms with Crippen LogP contribution in [0, 0.1) is 0 Å². The molecule has 0 atom stereocenters. The van der Waals surface area contributed by atoms with Gasteiger partial charge in [0.25, 0.3) is 5.91 Å². The van der Waals surface area contributed by atoms with Crippen molar-refractivity contribution in [3.05, 3.63) is 111 Å². The Morgan fingerprint density at radius 2 is 1.16 bits per heavy atom. The van der Waals surface area contributed by atoms with Crippen molar-refractivity contribution >= 4 is 41.0 Å². The number of carbonyl (C=O) groups is 1. The highest BCUT2D eigenvalue weighted by Gasteiger charge is 2.34. The third kappa shape index (κ3) is 14.9. The van der Waals surface area contributed by atoms with Crippen molar-refractivity contribution in [2.24, 2.45) is 4.99 Å². The molecule has 0 spiro atoms. The van der Waals surface area contributed by atoms with Gasteiger partial charge in [-0.1, -0.05) is 41.4 Å². The van der Waals surface area contributed by atoms with Crippen molar-refractivity contribution in [1.29, 1.82) is 0 Å². The number of aliphatic imine (C=N–C) groups is 1. The normalized spacial score (nSPS) is 11.7. The molecule has 0 heterocycles. The van der Waals surface area contributed by atoms with Crippen molar-refractivity contribution < 1.29 is 50.1 Å². The predicted octanol–water partition coefficient (Wildman–Crippen LogP) is 10.1. The summed E-state index contributed by atoms with van der Waals surface area (Å²) in [5.74, 6) is 1.25. The van der Waals surface area contributed by atoms with Crippen LogP contribution in [0.5, 0.6) is 23.0 Å². The Balaban J connectivity index is 0.000000311. The van der Waals surface area contributed by atoms with Crippen molar-refractivity contribution in [3.63, 3.8) is 0 Å². The molecule has 0 radical (unpaired) electrons. The fourth-order valence-corrected chi connectivity index (χ4v) is 5.44. The molecule has 17 heteroatoms. The molecule has 4 aromatic carbocycles. The first-order chi connectivity index (χ1) is 27.3. The van der Waals surface area contributed by atoms with Crippen LogP contribution in [0.4, 0.5) is 32.0 Å². The molecule has 0 aliphatic heterocycles. The van der Waals surface area contributed by atoms with E-state index in [1.54, 1.807) is 43.3 Å². The van der Waals surface area contributed by atoms with Gasteiger partial charge in [-0.25, -0.2) is 0 Å². The largest absolute Gasteiger partial charge is 0.493 e. The minimum atomic E-state index is -4.58. The first-order valence-corrected chi connectivity index (χ1v) is 18.7. The number of rotatable bonds is 17. The summed E-state index contributed by atoms with van der Waals surface area (Å²) in [5.41, 5.74) is -0.719. The first kappa shape index (κ1) is 47.7. The Morgan fingerprint density at radius 3 is 1.69 bits per heavy atom. The van der Waals surface area contributed by atoms with Gasteiger partial charge in [0.1, 0.15) is 41.8 Å². The summed E-state index contributed by atoms with van der Waals surface area (Å²) < 4.78 is 101. The molecule has 58 heavy (non-hydrogen) atoms. The predicted molar refractivity (Wildman–Crippen MR) is 215 cm³/mol. The van der Waals surface area contributed by atoms with Crippen molar-refractivity contribution in [2.75, 3.05) is 67.7 Å². The molecule has 0 fully saturated rings. The standard InChI is InChI=1S/C21H24ClF3N2O3.C20H22ClF3N2O2/c1-4-29-17-6-5-7-18(30-11-10-27(2)3)19(17)20(28)26-13-14-8-9-16(22)15(12-14)21(23,24)25;1-4-27-18-6-5-7-19(28-11-10-26(2)3)15(18)13-25-14-8-9-17(21)16(12-14)20(22,23)24/h5-9,12H,4,10-11,13H2,1-3H3,(H,26,28);5-9,12-13H,4,10-11H2,1-3H3. The number of halogens is 8. The van der Waals surface area contributed by atoms with Gasteiger partial charge in [-0.2, -0.15) is 26.3 Å². The number of nitrogens with zero attached hydrogens (tertiary/aromatic N) is 3. The van der Waals surface area contributed by atoms with Crippen LogP contribution in [-0.4, -0.2) is 89.6 Å². The molecule has 4 rings (SSSR count). The molecule has 4 aromatic rings. The van der Waals surface area contributed by atoms with Crippen molar-refractivity contribution in [1.82, 2.24) is 15.1 Å². The zero-order chi connectivity index (χ0) is 43.0. The van der Waals surface area contributed by atoms with E-state index in [4.69, 9.17) is 42.1 Å². The van der Waals surface area contributed by atoms with Gasteiger partial charge in [0.05, 0.1) is 45.6 Å². The summed E-state index contributed by atoms with van der Waals surface area (Å²) in [6.07, 6.45) is -7.68. The highest BCUT2D eigenvalue weighted by atomic mass is 35.5. The van der Waals surface area contributed by atoms with E-state index in [2.05, 4.69) is 10.3 Å². The Bertz CT molecular complexity index is 1980. The average Bonchev–Trinajstić information content (AvgIpc) is 3.14. The van der Waals surface area contributed by atoms with Gasteiger partial charge < -0.3 is 34.1 Å². The Labute approximate surface area is 344 Å². The molecule has 0 unspecified atom stereocenters. The summed E-state index contributed by atoms with van der Waals surface area (Å²) in [6, 6.07) is 17.3. The van der Waals surface area contributed by atoms with Crippen LogP contribution in [0.15, 0.2) is 77.8 Å². The monoisotopic (exact) mass is 858 g/mol. The third-order valence-corrected chi connectivity index (χ3v) is 8.48. The highest BCUT2D eigenvalue weighted by Crippen LogP contribution is 2.38. The number of ether oxygens (including phenoxy) is 4. The SMILES string of the molecule is CCOc1cccc(OCCN(C)C)c1C(=O)NCc1ccc(Cl)c(C(F)(F)F)c1.CCOc1cccc(OCCN(C)C)c1C=Nc1ccc(Cl)c(C(F)(F)F)c1. The van der Waals surface area contributed by atoms with Gasteiger partial charge in [0.15, 0.2) is 0 Å². The van der Waals surface area contributed by atoms with Crippen LogP contribution in [0.25, 0.3) is 0 Å². The molecule has 0 aromatic heterocycles. The lowest BCUT2D eigenvalue weighted by Gasteiger charge is -2.17. The van der Waals surface area contributed by atoms with Crippen LogP contribution in [0.1, 0.15) is 46.5 Å². The number of amides is 1. The van der Waals surface area contributed by atoms with Gasteiger partial charge in [-0.05, 0) is 102 Å². The quantitative estimate of drug-likeness (QED) is 0.0836. The van der Waals surface area contributed by atoms with E-state index in [0.29, 0.717) is 68.1 Å². The second-order valence-corrected chi connectivity index (χ2v) is 13.7. The summed E-state index contributed by atoms with van der Waals surface area (Å²) >= 11 is 11.3. The summed E-state index contributed by atoms with van der Waals surface area (Å²) in [7, 11) is 7.66. The van der Waals surface area contributed by atoms with E-state index < -0.39 is 34.4 Å². The van der Waals surface area contributed by atoms with Crippen LogP contribution in [-0.2, 0) is 18.9 Å². The maximum atomic E-state index is 13.0. The maximum absolute atomic E-state index is 13.0. The van der Waals surface area contributed by atoms with Crippen LogP contribution < -0.4 is 24.3 Å². The molecule has 0 aliphatic carbocycles. The minimum absolute atomic E-state index is 0.114. The lowest BCUT2D eigenvalue weighted by Crippen LogP contribution is -2.25. The Hall–Kier alpha value is -4.70. The van der Waals surface area contributed by atoms with Crippen LogP contribution in [0.3, 0.4) is 0 Å². The van der Waals surface area contributed by atoms with Crippen LogP contribution >= 0.6 is 23.2 Å². The van der Waals surface area contributed by atoms with E-state index in [0.717, 1.165) is 18.2 Å². The number of hydrogen-bond acceptors (Lipinski definition) is 8. The van der Waals surface area contributed by atoms with Crippen molar-refractivity contribution in [3.8, 4) is 23.0 Å². The zero-order valence-corrected chi connectivity index (χ0v) is 34.4. The van der Waals surface area contributed by atoms with E-state index in [1.807, 2.05) is 44.9 Å². The number of nitrogens with one attached hydrogen (secondary N) is 1. The lowest BCUT2D eigenvalue weighted by molar-refractivity contribution is -0.138. The average molecular weight is 860 g/mol. The number of carbonyl (C=O) groups excluding carboxylic acids is 1. The van der Waals surface area contributed by atoms with E-state index in [1.165, 1.54) is 24.4 Å². The summed E-state index contributed by atoms with van der Waals surface area (Å²) in [4.78, 5) is 20.9. The molecule has 1 N–H and O–H groups in total. The maximum Gasteiger partial charge on any atom is 0.417 e. The molecule has 316 valence electrons. The van der Waals surface area contributed by atoms with Crippen LogP contribution in [0.2, 0.25) is 10.0 Å². The minimum Gasteiger partial charge on any atom is -0.493 e. The molecule has 0 saturated carbocycles. The fraction of sp³-hybridized carbons (Fsp3) is 0.366. The third-order valence-electron chi connectivity index (χ3n) is 7.82. The smallest absolute Gasteiger partial charge is 0.417 e. The van der Waals surface area contributed by atoms with Gasteiger partial charge >= 0.3 is 12.4 Å². The number of likely N-dealkylation sites (N-methyl/N-ethyl adjacent to an activating group) is 2. The highest BCUT2D eigenvalue weighted by molar-refractivity contribution is 6.31. The lowest BCUT2D eigenvalue weighted by atomic mass is 10.1. The van der Waals surface area contributed by atoms with Gasteiger partial charge in [-0.15, -0.1) is 0 Å². The van der Waals surface area contributed by atoms with Crippen molar-refractivity contribution in [2.45, 2.75) is 32.7 Å². The molecule has 0 saturated heterocycles. The Morgan fingerprint density at radius 1 is 0.690 bits per heavy atom. The number of hydrogen-bond donors (Lipinski definition) is 1. The number of benzene rings is 4. The molecule has 1 amide bonds. The van der Waals surface area contributed by atoms with E-state index in [-0.39, 0.29) is 28.4 Å². The van der Waals surface area contributed by atoms with Gasteiger partial charge in [0.2, 0.25) is 0 Å². The van der Waals surface area contributed by atoms with Gasteiger partial charge in [-0.3, -0.25) is 9.79 Å². The molecule has 9 nitrogen and oxygen atoms in total. The Kier molecular flexibility index (Phi) is 18.5. The number of alkyl halides is 6. The fourth-order valence-electron chi connectivity index (χ4n) is 4.99.